The highest BCUT2D eigenvalue weighted by Gasteiger charge is 2.16. The smallest absolute Gasteiger partial charge is 0.261 e. The number of carbonyl (C=O) groups excluding carboxylic acids is 1. The number of methoxy groups -OCH3 is 1. The largest absolute Gasteiger partial charge is 0.496 e. The molecule has 0 saturated carbocycles. The van der Waals surface area contributed by atoms with Crippen LogP contribution in [0.2, 0.25) is 5.02 Å². The number of amides is 1. The lowest BCUT2D eigenvalue weighted by molar-refractivity contribution is 0.0975. The Labute approximate surface area is 230 Å². The Balaban J connectivity index is 1.32. The molecule has 0 aliphatic carbocycles. The Bertz CT molecular complexity index is 1650. The summed E-state index contributed by atoms with van der Waals surface area (Å²) in [7, 11) is 1.53. The Morgan fingerprint density at radius 1 is 1.00 bits per heavy atom. The van der Waals surface area contributed by atoms with Crippen LogP contribution >= 0.6 is 23.8 Å². The van der Waals surface area contributed by atoms with E-state index in [2.05, 4.69) is 39.9 Å². The predicted molar refractivity (Wildman–Crippen MR) is 157 cm³/mol. The summed E-state index contributed by atoms with van der Waals surface area (Å²) in [6.07, 6.45) is 3.38. The number of hydrogen-bond donors (Lipinski definition) is 2. The van der Waals surface area contributed by atoms with E-state index in [1.165, 1.54) is 12.7 Å². The van der Waals surface area contributed by atoms with Gasteiger partial charge in [0, 0.05) is 0 Å². The molecule has 1 heterocycles. The molecule has 2 N–H and O–H groups in total. The van der Waals surface area contributed by atoms with Crippen LogP contribution in [0.4, 0.5) is 5.69 Å². The molecule has 0 saturated heterocycles. The standard InChI is InChI=1S/C29H26ClN5O2S/c1-3-4-7-18-10-12-21(13-11-18)35-33-25-16-23(30)24(17-26(25)34-35)31-29(38)32-28(36)22-14-19-8-5-6-9-20(19)15-27(22)37-2/h5-6,8-17H,3-4,7H2,1-2H3,(H2,31,32,36,38). The van der Waals surface area contributed by atoms with Crippen LogP contribution in [0.3, 0.4) is 0 Å². The first-order chi connectivity index (χ1) is 18.4. The number of nitrogens with zero attached hydrogens (tertiary/aromatic N) is 3. The van der Waals surface area contributed by atoms with Crippen molar-refractivity contribution >= 4 is 62.3 Å². The Morgan fingerprint density at radius 2 is 1.68 bits per heavy atom. The maximum Gasteiger partial charge on any atom is 0.261 e. The summed E-state index contributed by atoms with van der Waals surface area (Å²) in [5, 5.41) is 17.3. The van der Waals surface area contributed by atoms with Gasteiger partial charge in [-0.15, -0.1) is 10.2 Å². The summed E-state index contributed by atoms with van der Waals surface area (Å²) in [6, 6.07) is 23.0. The number of aryl methyl sites for hydroxylation is 1. The van der Waals surface area contributed by atoms with E-state index in [1.54, 1.807) is 23.0 Å². The number of carbonyl (C=O) groups is 1. The van der Waals surface area contributed by atoms with Crippen LogP contribution in [0.5, 0.6) is 5.75 Å². The van der Waals surface area contributed by atoms with Gasteiger partial charge in [-0.25, -0.2) is 0 Å². The quantitative estimate of drug-likeness (QED) is 0.222. The highest BCUT2D eigenvalue weighted by atomic mass is 35.5. The minimum Gasteiger partial charge on any atom is -0.496 e. The molecule has 0 unspecified atom stereocenters. The van der Waals surface area contributed by atoms with Crippen LogP contribution in [0.25, 0.3) is 27.5 Å². The number of halogens is 1. The first-order valence-corrected chi connectivity index (χ1v) is 13.1. The van der Waals surface area contributed by atoms with Gasteiger partial charge in [0.25, 0.3) is 5.91 Å². The number of benzene rings is 4. The normalized spacial score (nSPS) is 11.0. The van der Waals surface area contributed by atoms with Crippen molar-refractivity contribution in [3.8, 4) is 11.4 Å². The molecule has 5 rings (SSSR count). The lowest BCUT2D eigenvalue weighted by Crippen LogP contribution is -2.34. The number of hydrogen-bond acceptors (Lipinski definition) is 5. The number of anilines is 1. The summed E-state index contributed by atoms with van der Waals surface area (Å²) >= 11 is 11.9. The second-order valence-corrected chi connectivity index (χ2v) is 9.70. The van der Waals surface area contributed by atoms with Gasteiger partial charge in [0.1, 0.15) is 16.8 Å². The monoisotopic (exact) mass is 543 g/mol. The van der Waals surface area contributed by atoms with Gasteiger partial charge in [-0.05, 0) is 77.8 Å². The van der Waals surface area contributed by atoms with Crippen LogP contribution in [0, 0.1) is 0 Å². The molecular weight excluding hydrogens is 518 g/mol. The maximum absolute atomic E-state index is 13.0. The van der Waals surface area contributed by atoms with E-state index in [1.807, 2.05) is 42.5 Å². The molecule has 192 valence electrons. The van der Waals surface area contributed by atoms with Crippen molar-refractivity contribution in [2.75, 3.05) is 12.4 Å². The molecule has 1 amide bonds. The molecule has 5 aromatic rings. The van der Waals surface area contributed by atoms with E-state index in [0.717, 1.165) is 35.7 Å². The highest BCUT2D eigenvalue weighted by Crippen LogP contribution is 2.28. The zero-order chi connectivity index (χ0) is 26.6. The van der Waals surface area contributed by atoms with E-state index < -0.39 is 5.91 Å². The SMILES string of the molecule is CCCCc1ccc(-n2nc3cc(Cl)c(NC(=S)NC(=O)c4cc5ccccc5cc4OC)cc3n2)cc1. The minimum absolute atomic E-state index is 0.0986. The van der Waals surface area contributed by atoms with Crippen LogP contribution in [-0.4, -0.2) is 33.1 Å². The number of aromatic nitrogens is 3. The fraction of sp³-hybridized carbons (Fsp3) is 0.172. The lowest BCUT2D eigenvalue weighted by Gasteiger charge is -2.13. The zero-order valence-corrected chi connectivity index (χ0v) is 22.6. The average Bonchev–Trinajstić information content (AvgIpc) is 3.34. The van der Waals surface area contributed by atoms with E-state index in [4.69, 9.17) is 28.6 Å². The third kappa shape index (κ3) is 5.46. The second kappa shape index (κ2) is 11.2. The molecule has 1 aromatic heterocycles. The lowest BCUT2D eigenvalue weighted by atomic mass is 10.1. The molecular formula is C29H26ClN5O2S. The van der Waals surface area contributed by atoms with Crippen molar-refractivity contribution in [1.82, 2.24) is 20.3 Å². The summed E-state index contributed by atoms with van der Waals surface area (Å²) in [6.45, 7) is 2.19. The summed E-state index contributed by atoms with van der Waals surface area (Å²) < 4.78 is 5.44. The van der Waals surface area contributed by atoms with Gasteiger partial charge in [-0.2, -0.15) is 4.80 Å². The van der Waals surface area contributed by atoms with E-state index in [-0.39, 0.29) is 5.11 Å². The average molecular weight is 544 g/mol. The number of thiocarbonyl (C=S) groups is 1. The van der Waals surface area contributed by atoms with E-state index in [0.29, 0.717) is 33.1 Å². The molecule has 0 bridgehead atoms. The van der Waals surface area contributed by atoms with Crippen molar-refractivity contribution in [3.05, 3.63) is 88.9 Å². The van der Waals surface area contributed by atoms with Crippen molar-refractivity contribution in [2.45, 2.75) is 26.2 Å². The number of rotatable bonds is 7. The van der Waals surface area contributed by atoms with Gasteiger partial charge in [0.15, 0.2) is 5.11 Å². The van der Waals surface area contributed by atoms with Crippen LogP contribution in [0.15, 0.2) is 72.8 Å². The minimum atomic E-state index is -0.393. The third-order valence-electron chi connectivity index (χ3n) is 6.24. The predicted octanol–water partition coefficient (Wildman–Crippen LogP) is 6.71. The summed E-state index contributed by atoms with van der Waals surface area (Å²) in [5.41, 5.74) is 4.32. The Morgan fingerprint density at radius 3 is 2.37 bits per heavy atom. The van der Waals surface area contributed by atoms with Gasteiger partial charge >= 0.3 is 0 Å². The van der Waals surface area contributed by atoms with Crippen LogP contribution in [0.1, 0.15) is 35.7 Å². The van der Waals surface area contributed by atoms with Crippen LogP contribution in [-0.2, 0) is 6.42 Å². The molecule has 0 spiro atoms. The van der Waals surface area contributed by atoms with Crippen LogP contribution < -0.4 is 15.4 Å². The highest BCUT2D eigenvalue weighted by molar-refractivity contribution is 7.80. The van der Waals surface area contributed by atoms with Gasteiger partial charge < -0.3 is 10.1 Å². The van der Waals surface area contributed by atoms with Crippen molar-refractivity contribution in [2.24, 2.45) is 0 Å². The number of ether oxygens (including phenoxy) is 1. The number of unbranched alkanes of at least 4 members (excludes halogenated alkanes) is 1. The topological polar surface area (TPSA) is 81.1 Å². The zero-order valence-electron chi connectivity index (χ0n) is 21.0. The molecule has 7 nitrogen and oxygen atoms in total. The second-order valence-electron chi connectivity index (χ2n) is 8.89. The van der Waals surface area contributed by atoms with Crippen molar-refractivity contribution < 1.29 is 9.53 Å². The Kier molecular flexibility index (Phi) is 7.53. The number of nitrogens with one attached hydrogen (secondary N) is 2. The fourth-order valence-electron chi connectivity index (χ4n) is 4.22. The van der Waals surface area contributed by atoms with E-state index in [9.17, 15) is 4.79 Å². The number of fused-ring (bicyclic) bond motifs is 2. The van der Waals surface area contributed by atoms with Gasteiger partial charge in [-0.3, -0.25) is 10.1 Å². The Hall–Kier alpha value is -4.01. The third-order valence-corrected chi connectivity index (χ3v) is 6.76. The van der Waals surface area contributed by atoms with Gasteiger partial charge in [0.05, 0.1) is 29.1 Å². The van der Waals surface area contributed by atoms with Gasteiger partial charge in [0.2, 0.25) is 0 Å². The fourth-order valence-corrected chi connectivity index (χ4v) is 4.62. The molecule has 9 heteroatoms. The molecule has 4 aromatic carbocycles. The molecule has 0 radical (unpaired) electrons. The molecule has 0 aliphatic rings. The summed E-state index contributed by atoms with van der Waals surface area (Å²) in [4.78, 5) is 14.6. The van der Waals surface area contributed by atoms with Crippen molar-refractivity contribution in [3.63, 3.8) is 0 Å². The van der Waals surface area contributed by atoms with Crippen molar-refractivity contribution in [1.29, 1.82) is 0 Å². The first-order valence-electron chi connectivity index (χ1n) is 12.3. The molecule has 0 atom stereocenters. The van der Waals surface area contributed by atoms with Gasteiger partial charge in [-0.1, -0.05) is 61.3 Å². The van der Waals surface area contributed by atoms with E-state index >= 15 is 0 Å². The first kappa shape index (κ1) is 25.6. The maximum atomic E-state index is 13.0. The summed E-state index contributed by atoms with van der Waals surface area (Å²) in [5.74, 6) is 0.0640. The molecule has 0 fully saturated rings. The molecule has 38 heavy (non-hydrogen) atoms. The molecule has 0 aliphatic heterocycles.